The summed E-state index contributed by atoms with van der Waals surface area (Å²) in [4.78, 5) is 22.5. The monoisotopic (exact) mass is 303 g/mol. The third-order valence-electron chi connectivity index (χ3n) is 2.80. The number of ether oxygens (including phenoxy) is 1. The number of carbonyl (C=O) groups is 2. The van der Waals surface area contributed by atoms with Crippen LogP contribution in [0.3, 0.4) is 0 Å². The minimum Gasteiger partial charge on any atom is -0.547 e. The summed E-state index contributed by atoms with van der Waals surface area (Å²) < 4.78 is 4.43. The van der Waals surface area contributed by atoms with Crippen molar-refractivity contribution in [3.05, 3.63) is 41.5 Å². The molecule has 0 fully saturated rings. The Morgan fingerprint density at radius 2 is 1.85 bits per heavy atom. The SMILES string of the molecule is COC(=O)C=C(C)C(N)(C(=O)[O-])c1ccc(O)cc1.[K+]. The number of methoxy groups -OCH3 is 1. The Kier molecular flexibility index (Phi) is 7.64. The molecule has 0 saturated heterocycles. The number of rotatable bonds is 4. The van der Waals surface area contributed by atoms with Crippen LogP contribution in [-0.2, 0) is 19.9 Å². The fraction of sp³-hybridized carbons (Fsp3) is 0.231. The van der Waals surface area contributed by atoms with Gasteiger partial charge in [-0.15, -0.1) is 0 Å². The number of hydrogen-bond donors (Lipinski definition) is 2. The van der Waals surface area contributed by atoms with Crippen molar-refractivity contribution in [2.45, 2.75) is 12.5 Å². The number of aliphatic carboxylic acids is 1. The van der Waals surface area contributed by atoms with Crippen molar-refractivity contribution in [1.29, 1.82) is 0 Å². The molecule has 102 valence electrons. The maximum Gasteiger partial charge on any atom is 1.00 e. The molecule has 0 aromatic heterocycles. The van der Waals surface area contributed by atoms with Crippen molar-refractivity contribution >= 4 is 11.9 Å². The van der Waals surface area contributed by atoms with Gasteiger partial charge in [-0.25, -0.2) is 4.79 Å². The summed E-state index contributed by atoms with van der Waals surface area (Å²) in [7, 11) is 1.17. The number of esters is 1. The number of carboxylic acids is 1. The van der Waals surface area contributed by atoms with Crippen LogP contribution in [-0.4, -0.2) is 24.2 Å². The predicted octanol–water partition coefficient (Wildman–Crippen LogP) is -3.58. The van der Waals surface area contributed by atoms with E-state index in [-0.39, 0.29) is 68.3 Å². The molecule has 0 saturated carbocycles. The van der Waals surface area contributed by atoms with Crippen LogP contribution in [0.5, 0.6) is 5.75 Å². The fourth-order valence-corrected chi connectivity index (χ4v) is 1.58. The first-order valence-electron chi connectivity index (χ1n) is 5.39. The zero-order valence-electron chi connectivity index (χ0n) is 11.5. The maximum atomic E-state index is 11.3. The number of nitrogens with two attached hydrogens (primary N) is 1. The van der Waals surface area contributed by atoms with Crippen LogP contribution >= 0.6 is 0 Å². The standard InChI is InChI=1S/C13H15NO5.K/c1-8(7-11(16)19-2)13(14,12(17)18)9-3-5-10(15)6-4-9;/h3-7,15H,14H2,1-2H3,(H,17,18);/q;+1/p-1. The first kappa shape index (κ1) is 19.3. The molecule has 0 spiro atoms. The predicted molar refractivity (Wildman–Crippen MR) is 64.8 cm³/mol. The van der Waals surface area contributed by atoms with Crippen molar-refractivity contribution in [2.24, 2.45) is 5.73 Å². The van der Waals surface area contributed by atoms with Crippen LogP contribution < -0.4 is 62.2 Å². The molecule has 7 heteroatoms. The zero-order chi connectivity index (χ0) is 14.6. The Balaban J connectivity index is 0.00000361. The molecule has 1 unspecified atom stereocenters. The largest absolute Gasteiger partial charge is 1.00 e. The molecule has 1 aromatic carbocycles. The van der Waals surface area contributed by atoms with Crippen LogP contribution in [0.25, 0.3) is 0 Å². The van der Waals surface area contributed by atoms with Gasteiger partial charge in [-0.3, -0.25) is 0 Å². The Hall–Kier alpha value is -0.704. The molecule has 20 heavy (non-hydrogen) atoms. The van der Waals surface area contributed by atoms with Gasteiger partial charge in [0.15, 0.2) is 0 Å². The van der Waals surface area contributed by atoms with E-state index in [1.165, 1.54) is 38.3 Å². The molecular weight excluding hydrogens is 289 g/mol. The van der Waals surface area contributed by atoms with Crippen molar-refractivity contribution in [2.75, 3.05) is 7.11 Å². The fourth-order valence-electron chi connectivity index (χ4n) is 1.58. The molecule has 0 aliphatic carbocycles. The van der Waals surface area contributed by atoms with Gasteiger partial charge in [-0.05, 0) is 30.2 Å². The molecule has 6 nitrogen and oxygen atoms in total. The molecule has 0 aliphatic rings. The van der Waals surface area contributed by atoms with Crippen molar-refractivity contribution < 1.29 is 75.9 Å². The average Bonchev–Trinajstić information content (AvgIpc) is 2.38. The van der Waals surface area contributed by atoms with Crippen molar-refractivity contribution in [1.82, 2.24) is 0 Å². The summed E-state index contributed by atoms with van der Waals surface area (Å²) in [6.45, 7) is 1.39. The second kappa shape index (κ2) is 7.92. The molecule has 0 amide bonds. The molecule has 1 rings (SSSR count). The summed E-state index contributed by atoms with van der Waals surface area (Å²) in [6.07, 6.45) is 0.989. The first-order chi connectivity index (χ1) is 8.82. The average molecular weight is 303 g/mol. The second-order valence-electron chi connectivity index (χ2n) is 3.99. The third kappa shape index (κ3) is 4.14. The van der Waals surface area contributed by atoms with Gasteiger partial charge in [0, 0.05) is 6.08 Å². The Labute approximate surface area is 159 Å². The van der Waals surface area contributed by atoms with Crippen LogP contribution in [0.2, 0.25) is 0 Å². The van der Waals surface area contributed by atoms with Crippen LogP contribution in [0.4, 0.5) is 0 Å². The Morgan fingerprint density at radius 3 is 2.25 bits per heavy atom. The van der Waals surface area contributed by atoms with E-state index in [1.54, 1.807) is 0 Å². The number of carboxylic acid groups (broad SMARTS) is 1. The number of benzene rings is 1. The Bertz CT molecular complexity index is 526. The third-order valence-corrected chi connectivity index (χ3v) is 2.80. The molecule has 3 N–H and O–H groups in total. The van der Waals surface area contributed by atoms with E-state index >= 15 is 0 Å². The van der Waals surface area contributed by atoms with Gasteiger partial charge in [0.05, 0.1) is 13.1 Å². The topological polar surface area (TPSA) is 113 Å². The van der Waals surface area contributed by atoms with Gasteiger partial charge in [-0.2, -0.15) is 0 Å². The number of phenolic OH excluding ortho intramolecular Hbond substituents is 1. The minimum absolute atomic E-state index is 0. The van der Waals surface area contributed by atoms with E-state index in [0.717, 1.165) is 6.08 Å². The van der Waals surface area contributed by atoms with E-state index in [2.05, 4.69) is 4.74 Å². The first-order valence-corrected chi connectivity index (χ1v) is 5.39. The zero-order valence-corrected chi connectivity index (χ0v) is 14.7. The number of hydrogen-bond acceptors (Lipinski definition) is 6. The van der Waals surface area contributed by atoms with Gasteiger partial charge >= 0.3 is 57.4 Å². The summed E-state index contributed by atoms with van der Waals surface area (Å²) >= 11 is 0. The van der Waals surface area contributed by atoms with Crippen LogP contribution in [0.15, 0.2) is 35.9 Å². The van der Waals surface area contributed by atoms with Crippen molar-refractivity contribution in [3.63, 3.8) is 0 Å². The molecule has 0 radical (unpaired) electrons. The molecular formula is C13H14KNO5. The normalized spacial score (nSPS) is 13.8. The summed E-state index contributed by atoms with van der Waals surface area (Å²) in [5.74, 6) is -2.30. The van der Waals surface area contributed by atoms with Gasteiger partial charge in [0.2, 0.25) is 0 Å². The maximum absolute atomic E-state index is 11.3. The van der Waals surface area contributed by atoms with E-state index in [9.17, 15) is 19.8 Å². The number of aromatic hydroxyl groups is 1. The summed E-state index contributed by atoms with van der Waals surface area (Å²) in [6, 6.07) is 5.29. The quantitative estimate of drug-likeness (QED) is 0.338. The summed E-state index contributed by atoms with van der Waals surface area (Å²) in [5, 5.41) is 20.5. The summed E-state index contributed by atoms with van der Waals surface area (Å²) in [5.41, 5.74) is 4.11. The number of carbonyl (C=O) groups excluding carboxylic acids is 2. The second-order valence-corrected chi connectivity index (χ2v) is 3.99. The minimum atomic E-state index is -1.97. The smallest absolute Gasteiger partial charge is 0.547 e. The molecule has 1 aromatic rings. The molecule has 1 atom stereocenters. The molecule has 0 heterocycles. The van der Waals surface area contributed by atoms with E-state index in [1.807, 2.05) is 0 Å². The van der Waals surface area contributed by atoms with Crippen LogP contribution in [0.1, 0.15) is 12.5 Å². The number of phenols is 1. The van der Waals surface area contributed by atoms with E-state index < -0.39 is 17.5 Å². The van der Waals surface area contributed by atoms with Crippen molar-refractivity contribution in [3.8, 4) is 5.75 Å². The van der Waals surface area contributed by atoms with Crippen LogP contribution in [0, 0.1) is 0 Å². The molecule has 0 aliphatic heterocycles. The van der Waals surface area contributed by atoms with E-state index in [0.29, 0.717) is 0 Å². The van der Waals surface area contributed by atoms with E-state index in [4.69, 9.17) is 5.73 Å². The van der Waals surface area contributed by atoms with Gasteiger partial charge in [-0.1, -0.05) is 12.1 Å². The molecule has 0 bridgehead atoms. The van der Waals surface area contributed by atoms with Gasteiger partial charge in [0.25, 0.3) is 0 Å². The van der Waals surface area contributed by atoms with Gasteiger partial charge in [0.1, 0.15) is 11.3 Å². The van der Waals surface area contributed by atoms with Gasteiger partial charge < -0.3 is 25.5 Å². The Morgan fingerprint density at radius 1 is 1.35 bits per heavy atom.